The highest BCUT2D eigenvalue weighted by Crippen LogP contribution is 2.25. The van der Waals surface area contributed by atoms with Crippen molar-refractivity contribution >= 4 is 30.6 Å². The molecule has 0 heterocycles. The van der Waals surface area contributed by atoms with E-state index in [-0.39, 0.29) is 0 Å². The molecule has 0 aromatic heterocycles. The molecule has 0 unspecified atom stereocenters. The molecule has 1 N–H and O–H groups in total. The maximum Gasteiger partial charge on any atom is 0.139 e. The molecular formula is C16H19BClN. The van der Waals surface area contributed by atoms with Crippen LogP contribution >= 0.6 is 11.6 Å². The second kappa shape index (κ2) is 6.16. The van der Waals surface area contributed by atoms with Crippen molar-refractivity contribution in [2.24, 2.45) is 0 Å². The summed E-state index contributed by atoms with van der Waals surface area (Å²) in [7, 11) is 2.11. The highest BCUT2D eigenvalue weighted by atomic mass is 35.5. The first-order valence-electron chi connectivity index (χ1n) is 6.69. The van der Waals surface area contributed by atoms with Crippen LogP contribution in [0.3, 0.4) is 0 Å². The summed E-state index contributed by atoms with van der Waals surface area (Å²) in [6.07, 6.45) is 1.04. The van der Waals surface area contributed by atoms with Crippen molar-refractivity contribution in [2.45, 2.75) is 26.3 Å². The van der Waals surface area contributed by atoms with Crippen LogP contribution in [0.1, 0.15) is 30.5 Å². The van der Waals surface area contributed by atoms with Crippen LogP contribution in [0, 0.1) is 6.92 Å². The van der Waals surface area contributed by atoms with Gasteiger partial charge in [0.2, 0.25) is 0 Å². The van der Waals surface area contributed by atoms with E-state index in [0.717, 1.165) is 17.0 Å². The van der Waals surface area contributed by atoms with Gasteiger partial charge in [-0.3, -0.25) is 0 Å². The van der Waals surface area contributed by atoms with Crippen molar-refractivity contribution < 1.29 is 0 Å². The van der Waals surface area contributed by atoms with E-state index < -0.39 is 0 Å². The Labute approximate surface area is 121 Å². The molecule has 19 heavy (non-hydrogen) atoms. The molecule has 0 amide bonds. The lowest BCUT2D eigenvalue weighted by Gasteiger charge is -2.20. The highest BCUT2D eigenvalue weighted by Gasteiger charge is 2.10. The Morgan fingerprint density at radius 1 is 1.21 bits per heavy atom. The Kier molecular flexibility index (Phi) is 4.54. The summed E-state index contributed by atoms with van der Waals surface area (Å²) in [5.74, 6) is 0. The Morgan fingerprint density at radius 2 is 2.00 bits per heavy atom. The molecule has 0 radical (unpaired) electrons. The first-order chi connectivity index (χ1) is 9.10. The first-order valence-corrected chi connectivity index (χ1v) is 7.07. The first kappa shape index (κ1) is 14.0. The van der Waals surface area contributed by atoms with Crippen molar-refractivity contribution in [1.29, 1.82) is 0 Å². The summed E-state index contributed by atoms with van der Waals surface area (Å²) in [5.41, 5.74) is 4.85. The largest absolute Gasteiger partial charge is 0.378 e. The SMILES string of the molecule is Bc1cccc(N[C@H](CC)c2ccc(Cl)c(C)c2)c1. The monoisotopic (exact) mass is 271 g/mol. The van der Waals surface area contributed by atoms with Crippen LogP contribution in [-0.2, 0) is 0 Å². The summed E-state index contributed by atoms with van der Waals surface area (Å²) in [4.78, 5) is 0. The molecule has 1 nitrogen and oxygen atoms in total. The lowest BCUT2D eigenvalue weighted by atomic mass is 9.95. The Balaban J connectivity index is 2.22. The molecule has 2 aromatic carbocycles. The smallest absolute Gasteiger partial charge is 0.139 e. The third-order valence-electron chi connectivity index (χ3n) is 3.35. The van der Waals surface area contributed by atoms with Crippen LogP contribution < -0.4 is 10.8 Å². The van der Waals surface area contributed by atoms with Gasteiger partial charge in [-0.1, -0.05) is 48.3 Å². The molecule has 0 saturated heterocycles. The molecule has 0 fully saturated rings. The van der Waals surface area contributed by atoms with E-state index in [0.29, 0.717) is 6.04 Å². The third-order valence-corrected chi connectivity index (χ3v) is 3.78. The molecule has 0 aliphatic rings. The molecule has 0 spiro atoms. The Bertz CT molecular complexity index is 568. The predicted octanol–water partition coefficient (Wildman–Crippen LogP) is 3.47. The van der Waals surface area contributed by atoms with E-state index in [1.807, 2.05) is 13.0 Å². The van der Waals surface area contributed by atoms with E-state index in [2.05, 4.69) is 56.5 Å². The van der Waals surface area contributed by atoms with Gasteiger partial charge in [-0.2, -0.15) is 0 Å². The van der Waals surface area contributed by atoms with Gasteiger partial charge >= 0.3 is 0 Å². The van der Waals surface area contributed by atoms with E-state index in [9.17, 15) is 0 Å². The van der Waals surface area contributed by atoms with Crippen LogP contribution in [-0.4, -0.2) is 7.85 Å². The Hall–Kier alpha value is -1.41. The maximum atomic E-state index is 6.09. The third kappa shape index (κ3) is 3.54. The minimum atomic E-state index is 0.317. The number of hydrogen-bond donors (Lipinski definition) is 1. The van der Waals surface area contributed by atoms with Gasteiger partial charge in [-0.25, -0.2) is 0 Å². The lowest BCUT2D eigenvalue weighted by molar-refractivity contribution is 0.749. The van der Waals surface area contributed by atoms with Crippen LogP contribution in [0.2, 0.25) is 5.02 Å². The summed E-state index contributed by atoms with van der Waals surface area (Å²) in [6, 6.07) is 15.0. The minimum Gasteiger partial charge on any atom is -0.378 e. The summed E-state index contributed by atoms with van der Waals surface area (Å²) in [5, 5.41) is 4.42. The van der Waals surface area contributed by atoms with Crippen molar-refractivity contribution in [3.05, 3.63) is 58.6 Å². The number of benzene rings is 2. The maximum absolute atomic E-state index is 6.09. The number of hydrogen-bond acceptors (Lipinski definition) is 1. The number of aryl methyl sites for hydroxylation is 1. The zero-order valence-corrected chi connectivity index (χ0v) is 12.5. The quantitative estimate of drug-likeness (QED) is 0.840. The summed E-state index contributed by atoms with van der Waals surface area (Å²) < 4.78 is 0. The molecule has 0 saturated carbocycles. The van der Waals surface area contributed by atoms with Gasteiger partial charge in [0, 0.05) is 10.7 Å². The summed E-state index contributed by atoms with van der Waals surface area (Å²) in [6.45, 7) is 4.24. The number of nitrogens with one attached hydrogen (secondary N) is 1. The van der Waals surface area contributed by atoms with Crippen molar-refractivity contribution in [1.82, 2.24) is 0 Å². The van der Waals surface area contributed by atoms with Crippen LogP contribution in [0.4, 0.5) is 5.69 Å². The average Bonchev–Trinajstić information content (AvgIpc) is 2.39. The normalized spacial score (nSPS) is 12.2. The fourth-order valence-electron chi connectivity index (χ4n) is 2.24. The predicted molar refractivity (Wildman–Crippen MR) is 87.5 cm³/mol. The molecule has 98 valence electrons. The Morgan fingerprint density at radius 3 is 2.63 bits per heavy atom. The van der Waals surface area contributed by atoms with Gasteiger partial charge in [-0.05, 0) is 42.7 Å². The number of anilines is 1. The van der Waals surface area contributed by atoms with Crippen molar-refractivity contribution in [3.8, 4) is 0 Å². The second-order valence-corrected chi connectivity index (χ2v) is 5.39. The fraction of sp³-hybridized carbons (Fsp3) is 0.250. The second-order valence-electron chi connectivity index (χ2n) is 4.98. The lowest BCUT2D eigenvalue weighted by Crippen LogP contribution is -2.12. The van der Waals surface area contributed by atoms with Crippen LogP contribution in [0.25, 0.3) is 0 Å². The van der Waals surface area contributed by atoms with E-state index in [4.69, 9.17) is 11.6 Å². The number of halogens is 1. The molecule has 1 atom stereocenters. The van der Waals surface area contributed by atoms with Gasteiger partial charge in [0.15, 0.2) is 0 Å². The van der Waals surface area contributed by atoms with E-state index >= 15 is 0 Å². The number of rotatable bonds is 4. The molecule has 0 aliphatic heterocycles. The topological polar surface area (TPSA) is 12.0 Å². The molecule has 2 rings (SSSR count). The summed E-state index contributed by atoms with van der Waals surface area (Å²) >= 11 is 6.09. The average molecular weight is 272 g/mol. The van der Waals surface area contributed by atoms with Crippen molar-refractivity contribution in [3.63, 3.8) is 0 Å². The zero-order chi connectivity index (χ0) is 13.8. The van der Waals surface area contributed by atoms with Gasteiger partial charge in [0.25, 0.3) is 0 Å². The van der Waals surface area contributed by atoms with Gasteiger partial charge in [0.1, 0.15) is 7.85 Å². The van der Waals surface area contributed by atoms with E-state index in [1.54, 1.807) is 0 Å². The van der Waals surface area contributed by atoms with Crippen LogP contribution in [0.15, 0.2) is 42.5 Å². The highest BCUT2D eigenvalue weighted by molar-refractivity contribution is 6.32. The fourth-order valence-corrected chi connectivity index (χ4v) is 2.36. The van der Waals surface area contributed by atoms with E-state index in [1.165, 1.54) is 16.7 Å². The van der Waals surface area contributed by atoms with Gasteiger partial charge < -0.3 is 5.32 Å². The van der Waals surface area contributed by atoms with Gasteiger partial charge in [0.05, 0.1) is 6.04 Å². The molecule has 0 bridgehead atoms. The minimum absolute atomic E-state index is 0.317. The molecular weight excluding hydrogens is 252 g/mol. The molecule has 2 aromatic rings. The standard InChI is InChI=1S/C16H19BClN/c1-3-16(12-7-8-15(18)11(2)9-12)19-14-6-4-5-13(17)10-14/h4-10,16,19H,3,17H2,1-2H3/t16-/m1/s1. The van der Waals surface area contributed by atoms with Crippen LogP contribution in [0.5, 0.6) is 0 Å². The van der Waals surface area contributed by atoms with Crippen molar-refractivity contribution in [2.75, 3.05) is 5.32 Å². The zero-order valence-electron chi connectivity index (χ0n) is 11.7. The molecule has 0 aliphatic carbocycles. The van der Waals surface area contributed by atoms with Gasteiger partial charge in [-0.15, -0.1) is 0 Å². The molecule has 3 heteroatoms.